The molecule has 56 valence electrons. The summed E-state index contributed by atoms with van der Waals surface area (Å²) in [6.07, 6.45) is 3.23. The van der Waals surface area contributed by atoms with Crippen molar-refractivity contribution in [1.82, 2.24) is 4.98 Å². The zero-order valence-electron chi connectivity index (χ0n) is 6.32. The third-order valence-electron chi connectivity index (χ3n) is 1.51. The van der Waals surface area contributed by atoms with Gasteiger partial charge in [0.05, 0.1) is 6.54 Å². The third-order valence-corrected chi connectivity index (χ3v) is 2.40. The minimum Gasteiger partial charge on any atom is -0.247 e. The molecule has 0 spiro atoms. The minimum atomic E-state index is 1.12. The molecular weight excluding hydrogens is 239 g/mol. The predicted octanol–water partition coefficient (Wildman–Crippen LogP) is 1.63. The first-order chi connectivity index (χ1) is 4.75. The van der Waals surface area contributed by atoms with Crippen molar-refractivity contribution in [1.29, 1.82) is 0 Å². The van der Waals surface area contributed by atoms with Crippen molar-refractivity contribution in [3.8, 4) is 0 Å². The molecular formula is C7H12IN2+. The molecule has 1 aromatic rings. The average molecular weight is 251 g/mol. The van der Waals surface area contributed by atoms with Crippen LogP contribution in [0.25, 0.3) is 0 Å². The molecule has 1 rings (SSSR count). The summed E-state index contributed by atoms with van der Waals surface area (Å²) < 4.78 is 3.57. The average Bonchev–Trinajstić information content (AvgIpc) is 2.20. The summed E-state index contributed by atoms with van der Waals surface area (Å²) in [5.74, 6) is 1.24. The number of aromatic nitrogens is 2. The lowest BCUT2D eigenvalue weighted by Crippen LogP contribution is -2.37. The number of aryl methyl sites for hydroxylation is 1. The van der Waals surface area contributed by atoms with Gasteiger partial charge in [0.25, 0.3) is 5.82 Å². The Morgan fingerprint density at radius 1 is 1.70 bits per heavy atom. The molecule has 10 heavy (non-hydrogen) atoms. The van der Waals surface area contributed by atoms with Gasteiger partial charge in [0.1, 0.15) is 6.20 Å². The molecule has 0 unspecified atom stereocenters. The van der Waals surface area contributed by atoms with Crippen LogP contribution in [-0.4, -0.2) is 4.98 Å². The highest BCUT2D eigenvalue weighted by molar-refractivity contribution is 14.1. The van der Waals surface area contributed by atoms with Crippen molar-refractivity contribution in [2.75, 3.05) is 0 Å². The van der Waals surface area contributed by atoms with Gasteiger partial charge in [0, 0.05) is 29.5 Å². The van der Waals surface area contributed by atoms with Crippen LogP contribution in [0.3, 0.4) is 0 Å². The minimum absolute atomic E-state index is 1.12. The second-order valence-electron chi connectivity index (χ2n) is 2.35. The Morgan fingerprint density at radius 2 is 2.40 bits per heavy atom. The van der Waals surface area contributed by atoms with Crippen LogP contribution < -0.4 is 4.57 Å². The Kier molecular flexibility index (Phi) is 2.71. The van der Waals surface area contributed by atoms with Crippen LogP contribution in [-0.2, 0) is 6.54 Å². The SMILES string of the molecule is CCC[n+]1c(I)c[nH]c1C. The zero-order chi connectivity index (χ0) is 7.56. The van der Waals surface area contributed by atoms with Gasteiger partial charge in [-0.25, -0.2) is 9.55 Å². The molecule has 0 bridgehead atoms. The fraction of sp³-hybridized carbons (Fsp3) is 0.571. The highest BCUT2D eigenvalue weighted by Gasteiger charge is 2.08. The van der Waals surface area contributed by atoms with Gasteiger partial charge in [-0.1, -0.05) is 6.92 Å². The standard InChI is InChI=1S/C7H11IN2/c1-3-4-10-6(2)9-5-7(10)8/h5H,3-4H2,1-2H3/p+1. The quantitative estimate of drug-likeness (QED) is 0.608. The maximum atomic E-state index is 3.18. The van der Waals surface area contributed by atoms with Crippen LogP contribution in [0.15, 0.2) is 6.20 Å². The summed E-state index contributed by atoms with van der Waals surface area (Å²) in [5, 5.41) is 0. The number of imidazole rings is 1. The molecule has 1 heterocycles. The maximum Gasteiger partial charge on any atom is 0.251 e. The Morgan fingerprint density at radius 3 is 2.80 bits per heavy atom. The number of aromatic amines is 1. The summed E-state index contributed by atoms with van der Waals surface area (Å²) in [6, 6.07) is 0. The first-order valence-corrected chi connectivity index (χ1v) is 4.57. The van der Waals surface area contributed by atoms with Crippen LogP contribution in [0, 0.1) is 10.6 Å². The molecule has 2 nitrogen and oxygen atoms in total. The van der Waals surface area contributed by atoms with Crippen LogP contribution >= 0.6 is 22.6 Å². The third kappa shape index (κ3) is 1.51. The second kappa shape index (κ2) is 3.37. The maximum absolute atomic E-state index is 3.18. The molecule has 0 radical (unpaired) electrons. The molecule has 1 N–H and O–H groups in total. The van der Waals surface area contributed by atoms with Crippen LogP contribution in [0.4, 0.5) is 0 Å². The van der Waals surface area contributed by atoms with E-state index in [-0.39, 0.29) is 0 Å². The Labute approximate surface area is 74.8 Å². The molecule has 0 aliphatic heterocycles. The van der Waals surface area contributed by atoms with Gasteiger partial charge in [-0.2, -0.15) is 0 Å². The normalized spacial score (nSPS) is 10.3. The zero-order valence-corrected chi connectivity index (χ0v) is 8.47. The van der Waals surface area contributed by atoms with Crippen molar-refractivity contribution in [2.24, 2.45) is 0 Å². The number of H-pyrrole nitrogens is 1. The summed E-state index contributed by atoms with van der Waals surface area (Å²) >= 11 is 2.34. The summed E-state index contributed by atoms with van der Waals surface area (Å²) in [6.45, 7) is 5.40. The molecule has 0 aliphatic carbocycles. The largest absolute Gasteiger partial charge is 0.251 e. The monoisotopic (exact) mass is 251 g/mol. The smallest absolute Gasteiger partial charge is 0.247 e. The highest BCUT2D eigenvalue weighted by atomic mass is 127. The fourth-order valence-corrected chi connectivity index (χ4v) is 1.74. The van der Waals surface area contributed by atoms with E-state index in [2.05, 4.69) is 46.0 Å². The molecule has 1 aromatic heterocycles. The Balaban J connectivity index is 2.87. The topological polar surface area (TPSA) is 19.7 Å². The van der Waals surface area contributed by atoms with Crippen molar-refractivity contribution in [2.45, 2.75) is 26.8 Å². The van der Waals surface area contributed by atoms with Crippen molar-refractivity contribution >= 4 is 22.6 Å². The van der Waals surface area contributed by atoms with E-state index in [1.54, 1.807) is 0 Å². The Hall–Kier alpha value is -0.0600. The highest BCUT2D eigenvalue weighted by Crippen LogP contribution is 1.97. The molecule has 0 saturated heterocycles. The van der Waals surface area contributed by atoms with E-state index >= 15 is 0 Å². The molecule has 0 amide bonds. The van der Waals surface area contributed by atoms with Crippen molar-refractivity contribution in [3.63, 3.8) is 0 Å². The van der Waals surface area contributed by atoms with Gasteiger partial charge in [0.2, 0.25) is 3.70 Å². The van der Waals surface area contributed by atoms with Gasteiger partial charge in [0.15, 0.2) is 0 Å². The summed E-state index contributed by atoms with van der Waals surface area (Å²) in [4.78, 5) is 3.18. The van der Waals surface area contributed by atoms with Crippen LogP contribution in [0.2, 0.25) is 0 Å². The number of halogens is 1. The van der Waals surface area contributed by atoms with Gasteiger partial charge in [-0.15, -0.1) is 0 Å². The van der Waals surface area contributed by atoms with E-state index in [0.717, 1.165) is 6.54 Å². The van der Waals surface area contributed by atoms with E-state index in [1.807, 2.05) is 6.20 Å². The lowest BCUT2D eigenvalue weighted by atomic mass is 10.5. The molecule has 0 aliphatic rings. The van der Waals surface area contributed by atoms with Gasteiger partial charge in [-0.3, -0.25) is 0 Å². The number of hydrogen-bond acceptors (Lipinski definition) is 0. The van der Waals surface area contributed by atoms with E-state index in [9.17, 15) is 0 Å². The fourth-order valence-electron chi connectivity index (χ4n) is 0.978. The molecule has 0 aromatic carbocycles. The first kappa shape index (κ1) is 8.04. The van der Waals surface area contributed by atoms with E-state index in [1.165, 1.54) is 15.9 Å². The second-order valence-corrected chi connectivity index (χ2v) is 3.45. The van der Waals surface area contributed by atoms with E-state index < -0.39 is 0 Å². The molecule has 0 fully saturated rings. The van der Waals surface area contributed by atoms with Crippen molar-refractivity contribution < 1.29 is 4.57 Å². The predicted molar refractivity (Wildman–Crippen MR) is 48.7 cm³/mol. The number of nitrogens with one attached hydrogen (secondary N) is 1. The van der Waals surface area contributed by atoms with E-state index in [4.69, 9.17) is 0 Å². The summed E-state index contributed by atoms with van der Waals surface area (Å²) in [5.41, 5.74) is 0. The van der Waals surface area contributed by atoms with Crippen LogP contribution in [0.5, 0.6) is 0 Å². The van der Waals surface area contributed by atoms with Gasteiger partial charge < -0.3 is 0 Å². The summed E-state index contributed by atoms with van der Waals surface area (Å²) in [7, 11) is 0. The number of rotatable bonds is 2. The van der Waals surface area contributed by atoms with Crippen molar-refractivity contribution in [3.05, 3.63) is 15.7 Å². The van der Waals surface area contributed by atoms with E-state index in [0.29, 0.717) is 0 Å². The molecule has 3 heteroatoms. The number of nitrogens with zero attached hydrogens (tertiary/aromatic N) is 1. The van der Waals surface area contributed by atoms with Crippen LogP contribution in [0.1, 0.15) is 19.2 Å². The first-order valence-electron chi connectivity index (χ1n) is 3.49. The van der Waals surface area contributed by atoms with Gasteiger partial charge >= 0.3 is 0 Å². The Bertz CT molecular complexity index is 198. The lowest BCUT2D eigenvalue weighted by molar-refractivity contribution is -0.713. The number of hydrogen-bond donors (Lipinski definition) is 1. The molecule has 0 saturated carbocycles. The lowest BCUT2D eigenvalue weighted by Gasteiger charge is -1.94. The molecule has 0 atom stereocenters. The van der Waals surface area contributed by atoms with Gasteiger partial charge in [-0.05, 0) is 6.42 Å².